The molecule has 16 heavy (non-hydrogen) atoms. The fourth-order valence-electron chi connectivity index (χ4n) is 1.67. The zero-order valence-electron chi connectivity index (χ0n) is 8.23. The smallest absolute Gasteiger partial charge is 0.227 e. The van der Waals surface area contributed by atoms with Crippen LogP contribution in [0.4, 0.5) is 5.69 Å². The molecule has 0 radical (unpaired) electrons. The lowest BCUT2D eigenvalue weighted by molar-refractivity contribution is -0.117. The van der Waals surface area contributed by atoms with Crippen molar-refractivity contribution in [3.05, 3.63) is 16.4 Å². The standard InChI is InChI=1S/C9H9Cl2N3OS/c10-7-2-6(9(11)13-12-7)14-3-5(4-16)1-8(14)15/h2,5,16H,1,3-4H2. The number of aromatic nitrogens is 2. The second-order valence-corrected chi connectivity index (χ2v) is 4.71. The second kappa shape index (κ2) is 4.77. The Labute approximate surface area is 108 Å². The summed E-state index contributed by atoms with van der Waals surface area (Å²) in [4.78, 5) is 13.3. The molecule has 1 fully saturated rings. The molecule has 1 aliphatic rings. The van der Waals surface area contributed by atoms with E-state index in [2.05, 4.69) is 22.8 Å². The number of anilines is 1. The maximum absolute atomic E-state index is 11.7. The first kappa shape index (κ1) is 12.0. The van der Waals surface area contributed by atoms with Crippen LogP contribution in [0.1, 0.15) is 6.42 Å². The second-order valence-electron chi connectivity index (χ2n) is 3.60. The molecule has 2 rings (SSSR count). The fourth-order valence-corrected chi connectivity index (χ4v) is 2.25. The summed E-state index contributed by atoms with van der Waals surface area (Å²) in [6.07, 6.45) is 0.486. The minimum absolute atomic E-state index is 0.0185. The minimum atomic E-state index is 0.0185. The van der Waals surface area contributed by atoms with E-state index < -0.39 is 0 Å². The maximum Gasteiger partial charge on any atom is 0.227 e. The highest BCUT2D eigenvalue weighted by Crippen LogP contribution is 2.31. The minimum Gasteiger partial charge on any atom is -0.309 e. The lowest BCUT2D eigenvalue weighted by Gasteiger charge is -2.16. The number of carbonyl (C=O) groups is 1. The molecule has 0 aromatic carbocycles. The summed E-state index contributed by atoms with van der Waals surface area (Å²) in [5.41, 5.74) is 0.524. The number of amides is 1. The van der Waals surface area contributed by atoms with Crippen LogP contribution >= 0.6 is 35.8 Å². The molecule has 1 unspecified atom stereocenters. The van der Waals surface area contributed by atoms with Crippen LogP contribution in [0.25, 0.3) is 0 Å². The number of rotatable bonds is 2. The number of halogens is 2. The van der Waals surface area contributed by atoms with Crippen molar-refractivity contribution >= 4 is 47.4 Å². The van der Waals surface area contributed by atoms with Gasteiger partial charge in [0.25, 0.3) is 0 Å². The fraction of sp³-hybridized carbons (Fsp3) is 0.444. The van der Waals surface area contributed by atoms with Gasteiger partial charge >= 0.3 is 0 Å². The molecule has 86 valence electrons. The van der Waals surface area contributed by atoms with E-state index >= 15 is 0 Å². The first-order valence-corrected chi connectivity index (χ1v) is 6.10. The lowest BCUT2D eigenvalue weighted by Crippen LogP contribution is -2.25. The highest BCUT2D eigenvalue weighted by molar-refractivity contribution is 7.80. The largest absolute Gasteiger partial charge is 0.309 e. The van der Waals surface area contributed by atoms with Crippen LogP contribution < -0.4 is 4.90 Å². The SMILES string of the molecule is O=C1CC(CS)CN1c1cc(Cl)nnc1Cl. The van der Waals surface area contributed by atoms with Gasteiger partial charge in [-0.05, 0) is 11.7 Å². The van der Waals surface area contributed by atoms with Crippen LogP contribution in [0.5, 0.6) is 0 Å². The monoisotopic (exact) mass is 277 g/mol. The van der Waals surface area contributed by atoms with Crippen LogP contribution in [-0.2, 0) is 4.79 Å². The van der Waals surface area contributed by atoms with Crippen molar-refractivity contribution in [3.8, 4) is 0 Å². The molecule has 7 heteroatoms. The van der Waals surface area contributed by atoms with Crippen molar-refractivity contribution in [3.63, 3.8) is 0 Å². The Bertz CT molecular complexity index is 429. The number of thiol groups is 1. The summed E-state index contributed by atoms with van der Waals surface area (Å²) in [5, 5.41) is 7.70. The molecule has 0 N–H and O–H groups in total. The molecule has 1 aliphatic heterocycles. The third-order valence-corrected chi connectivity index (χ3v) is 3.42. The van der Waals surface area contributed by atoms with Gasteiger partial charge in [-0.25, -0.2) is 0 Å². The van der Waals surface area contributed by atoms with Gasteiger partial charge in [-0.1, -0.05) is 23.2 Å². The number of carbonyl (C=O) groups excluding carboxylic acids is 1. The van der Waals surface area contributed by atoms with Crippen molar-refractivity contribution in [1.82, 2.24) is 10.2 Å². The average molecular weight is 278 g/mol. The van der Waals surface area contributed by atoms with E-state index in [0.717, 1.165) is 0 Å². The first-order valence-electron chi connectivity index (χ1n) is 4.71. The molecule has 1 amide bonds. The number of hydrogen-bond donors (Lipinski definition) is 1. The molecule has 0 bridgehead atoms. The van der Waals surface area contributed by atoms with Crippen molar-refractivity contribution in [2.24, 2.45) is 5.92 Å². The zero-order chi connectivity index (χ0) is 11.7. The Balaban J connectivity index is 2.30. The molecule has 1 saturated heterocycles. The molecular formula is C9H9Cl2N3OS. The predicted octanol–water partition coefficient (Wildman–Crippen LogP) is 2.07. The van der Waals surface area contributed by atoms with Gasteiger partial charge in [0, 0.05) is 19.0 Å². The number of hydrogen-bond acceptors (Lipinski definition) is 4. The molecule has 4 nitrogen and oxygen atoms in total. The van der Waals surface area contributed by atoms with Gasteiger partial charge in [-0.3, -0.25) is 4.79 Å². The Kier molecular flexibility index (Phi) is 3.56. The van der Waals surface area contributed by atoms with E-state index in [4.69, 9.17) is 23.2 Å². The van der Waals surface area contributed by atoms with E-state index in [1.54, 1.807) is 11.0 Å². The van der Waals surface area contributed by atoms with Crippen LogP contribution in [0, 0.1) is 5.92 Å². The van der Waals surface area contributed by atoms with E-state index in [0.29, 0.717) is 24.4 Å². The first-order chi connectivity index (χ1) is 7.61. The number of nitrogens with zero attached hydrogens (tertiary/aromatic N) is 3. The third kappa shape index (κ3) is 2.26. The van der Waals surface area contributed by atoms with E-state index in [9.17, 15) is 4.79 Å². The van der Waals surface area contributed by atoms with E-state index in [1.165, 1.54) is 0 Å². The van der Waals surface area contributed by atoms with Gasteiger partial charge in [-0.15, -0.1) is 10.2 Å². The maximum atomic E-state index is 11.7. The van der Waals surface area contributed by atoms with Gasteiger partial charge in [0.15, 0.2) is 10.3 Å². The molecule has 0 saturated carbocycles. The predicted molar refractivity (Wildman–Crippen MR) is 66.4 cm³/mol. The van der Waals surface area contributed by atoms with Crippen LogP contribution in [0.3, 0.4) is 0 Å². The summed E-state index contributed by atoms with van der Waals surface area (Å²) in [6.45, 7) is 0.601. The highest BCUT2D eigenvalue weighted by Gasteiger charge is 2.31. The van der Waals surface area contributed by atoms with E-state index in [-0.39, 0.29) is 22.1 Å². The van der Waals surface area contributed by atoms with Crippen molar-refractivity contribution in [2.45, 2.75) is 6.42 Å². The molecular weight excluding hydrogens is 269 g/mol. The summed E-state index contributed by atoms with van der Waals surface area (Å²) < 4.78 is 0. The average Bonchev–Trinajstić information content (AvgIpc) is 2.63. The molecule has 1 aromatic heterocycles. The normalized spacial score (nSPS) is 20.6. The van der Waals surface area contributed by atoms with E-state index in [1.807, 2.05) is 0 Å². The summed E-state index contributed by atoms with van der Waals surface area (Å²) in [7, 11) is 0. The Morgan fingerprint density at radius 2 is 2.25 bits per heavy atom. The van der Waals surface area contributed by atoms with Gasteiger partial charge in [0.1, 0.15) is 0 Å². The summed E-state index contributed by atoms with van der Waals surface area (Å²) >= 11 is 15.8. The molecule has 1 atom stereocenters. The molecule has 2 heterocycles. The summed E-state index contributed by atoms with van der Waals surface area (Å²) in [6, 6.07) is 1.55. The Hall–Kier alpha value is -0.520. The zero-order valence-corrected chi connectivity index (χ0v) is 10.6. The van der Waals surface area contributed by atoms with Gasteiger partial charge < -0.3 is 4.90 Å². The molecule has 0 aliphatic carbocycles. The van der Waals surface area contributed by atoms with Crippen LogP contribution in [0.15, 0.2) is 6.07 Å². The highest BCUT2D eigenvalue weighted by atomic mass is 35.5. The molecule has 1 aromatic rings. The van der Waals surface area contributed by atoms with Crippen LogP contribution in [-0.4, -0.2) is 28.4 Å². The Morgan fingerprint density at radius 1 is 1.50 bits per heavy atom. The molecule has 0 spiro atoms. The summed E-state index contributed by atoms with van der Waals surface area (Å²) in [5.74, 6) is 0.940. The quantitative estimate of drug-likeness (QED) is 0.842. The topological polar surface area (TPSA) is 46.1 Å². The lowest BCUT2D eigenvalue weighted by atomic mass is 10.1. The van der Waals surface area contributed by atoms with Crippen molar-refractivity contribution in [2.75, 3.05) is 17.2 Å². The third-order valence-electron chi connectivity index (χ3n) is 2.45. The Morgan fingerprint density at radius 3 is 2.88 bits per heavy atom. The van der Waals surface area contributed by atoms with Crippen molar-refractivity contribution < 1.29 is 4.79 Å². The van der Waals surface area contributed by atoms with Gasteiger partial charge in [0.05, 0.1) is 5.69 Å². The van der Waals surface area contributed by atoms with Crippen molar-refractivity contribution in [1.29, 1.82) is 0 Å². The van der Waals surface area contributed by atoms with Gasteiger partial charge in [0.2, 0.25) is 5.91 Å². The van der Waals surface area contributed by atoms with Gasteiger partial charge in [-0.2, -0.15) is 12.6 Å². The van der Waals surface area contributed by atoms with Crippen LogP contribution in [0.2, 0.25) is 10.3 Å².